The van der Waals surface area contributed by atoms with Crippen LogP contribution >= 0.6 is 12.2 Å². The van der Waals surface area contributed by atoms with E-state index in [4.69, 9.17) is 18.0 Å². The predicted octanol–water partition coefficient (Wildman–Crippen LogP) is 5.09. The summed E-state index contributed by atoms with van der Waals surface area (Å²) in [5.41, 5.74) is 10.7. The van der Waals surface area contributed by atoms with E-state index in [0.717, 1.165) is 38.7 Å². The largest absolute Gasteiger partial charge is 0.392 e. The lowest BCUT2D eigenvalue weighted by atomic mass is 9.99. The van der Waals surface area contributed by atoms with E-state index in [1.807, 2.05) is 54.1 Å². The van der Waals surface area contributed by atoms with Crippen molar-refractivity contribution in [2.75, 3.05) is 0 Å². The Morgan fingerprint density at radius 2 is 1.96 bits per heavy atom. The summed E-state index contributed by atoms with van der Waals surface area (Å²) in [4.78, 5) is 0.287. The molecule has 0 bridgehead atoms. The number of benzene rings is 2. The fraction of sp³-hybridized carbons (Fsp3) is 0.286. The van der Waals surface area contributed by atoms with Gasteiger partial charge in [0.25, 0.3) is 0 Å². The minimum atomic E-state index is -4.18. The Morgan fingerprint density at radius 1 is 1.21 bits per heavy atom. The van der Waals surface area contributed by atoms with Gasteiger partial charge in [-0.1, -0.05) is 42.5 Å². The lowest BCUT2D eigenvalue weighted by molar-refractivity contribution is -0.135. The summed E-state index contributed by atoms with van der Waals surface area (Å²) in [6.45, 7) is 1.99. The maximum absolute atomic E-state index is 12.6. The lowest BCUT2D eigenvalue weighted by Crippen LogP contribution is -2.09. The van der Waals surface area contributed by atoms with Crippen molar-refractivity contribution in [1.29, 1.82) is 0 Å². The summed E-state index contributed by atoms with van der Waals surface area (Å²) >= 11 is 5.06. The number of nitrogens with zero attached hydrogens (tertiary/aromatic N) is 1. The quantitative estimate of drug-likeness (QED) is 0.561. The fourth-order valence-corrected chi connectivity index (χ4v) is 3.61. The van der Waals surface area contributed by atoms with Crippen LogP contribution in [0.3, 0.4) is 0 Å². The second kappa shape index (κ2) is 7.93. The van der Waals surface area contributed by atoms with Gasteiger partial charge < -0.3 is 15.4 Å². The maximum Gasteiger partial charge on any atom is 0.389 e. The second-order valence-corrected chi connectivity index (χ2v) is 7.24. The smallest absolute Gasteiger partial charge is 0.389 e. The van der Waals surface area contributed by atoms with Gasteiger partial charge in [0.2, 0.25) is 0 Å². The third-order valence-electron chi connectivity index (χ3n) is 4.89. The van der Waals surface area contributed by atoms with E-state index in [1.165, 1.54) is 0 Å². The van der Waals surface area contributed by atoms with E-state index >= 15 is 0 Å². The Balaban J connectivity index is 2.12. The van der Waals surface area contributed by atoms with Gasteiger partial charge in [-0.15, -0.1) is 0 Å². The molecule has 3 rings (SSSR count). The van der Waals surface area contributed by atoms with E-state index in [0.29, 0.717) is 0 Å². The minimum absolute atomic E-state index is 0.0115. The van der Waals surface area contributed by atoms with Crippen LogP contribution in [0.5, 0.6) is 0 Å². The van der Waals surface area contributed by atoms with Crippen LogP contribution in [0.4, 0.5) is 13.2 Å². The van der Waals surface area contributed by atoms with Crippen LogP contribution in [-0.4, -0.2) is 20.8 Å². The second-order valence-electron chi connectivity index (χ2n) is 6.80. The number of aryl methyl sites for hydroxylation is 2. The van der Waals surface area contributed by atoms with Crippen LogP contribution < -0.4 is 5.73 Å². The zero-order valence-electron chi connectivity index (χ0n) is 15.4. The zero-order valence-corrected chi connectivity index (χ0v) is 16.2. The number of halogens is 3. The van der Waals surface area contributed by atoms with Crippen LogP contribution in [0, 0.1) is 6.92 Å². The van der Waals surface area contributed by atoms with Crippen LogP contribution in [0.1, 0.15) is 29.5 Å². The first-order valence-corrected chi connectivity index (χ1v) is 9.31. The Labute approximate surface area is 166 Å². The molecule has 0 aliphatic carbocycles. The molecule has 0 aliphatic rings. The molecule has 1 heterocycles. The van der Waals surface area contributed by atoms with Crippen molar-refractivity contribution in [3.63, 3.8) is 0 Å². The van der Waals surface area contributed by atoms with E-state index in [2.05, 4.69) is 0 Å². The molecular formula is C21H21F3N2OS. The van der Waals surface area contributed by atoms with Crippen molar-refractivity contribution in [2.24, 2.45) is 5.73 Å². The highest BCUT2D eigenvalue weighted by atomic mass is 32.1. The third kappa shape index (κ3) is 4.20. The van der Waals surface area contributed by atoms with Crippen molar-refractivity contribution < 1.29 is 18.3 Å². The summed E-state index contributed by atoms with van der Waals surface area (Å²) in [6, 6.07) is 11.2. The van der Waals surface area contributed by atoms with E-state index in [1.54, 1.807) is 0 Å². The Bertz CT molecular complexity index is 1020. The Hall–Kier alpha value is -2.38. The van der Waals surface area contributed by atoms with Gasteiger partial charge in [-0.3, -0.25) is 0 Å². The van der Waals surface area contributed by atoms with Crippen molar-refractivity contribution >= 4 is 28.1 Å². The molecular weight excluding hydrogens is 385 g/mol. The average molecular weight is 406 g/mol. The molecule has 148 valence electrons. The number of hydrogen-bond donors (Lipinski definition) is 2. The predicted molar refractivity (Wildman–Crippen MR) is 109 cm³/mol. The third-order valence-corrected chi connectivity index (χ3v) is 5.13. The first kappa shape index (κ1) is 20.4. The SMILES string of the molecule is Cc1c(CO)ccc2c(-c3cccc(C(N)=S)c3)cn(CCCC(F)(F)F)c12. The molecule has 0 saturated carbocycles. The maximum atomic E-state index is 12.6. The first-order valence-electron chi connectivity index (χ1n) is 8.90. The average Bonchev–Trinajstić information content (AvgIpc) is 3.00. The van der Waals surface area contributed by atoms with E-state index in [9.17, 15) is 18.3 Å². The summed E-state index contributed by atoms with van der Waals surface area (Å²) in [5.74, 6) is 0. The number of aliphatic hydroxyl groups is 1. The standard InChI is InChI=1S/C21H21F3N2OS/c1-13-16(12-27)6-7-17-18(14-4-2-5-15(10-14)20(25)28)11-26(19(13)17)9-3-8-21(22,23)24/h2,4-7,10-11,27H,3,8-9,12H2,1H3,(H2,25,28). The normalized spacial score (nSPS) is 11.9. The highest BCUT2D eigenvalue weighted by Gasteiger charge is 2.26. The molecule has 3 nitrogen and oxygen atoms in total. The van der Waals surface area contributed by atoms with Gasteiger partial charge in [0.1, 0.15) is 4.99 Å². The molecule has 0 fully saturated rings. The number of nitrogens with two attached hydrogens (primary N) is 1. The van der Waals surface area contributed by atoms with Crippen LogP contribution in [-0.2, 0) is 13.2 Å². The molecule has 0 aliphatic heterocycles. The highest BCUT2D eigenvalue weighted by molar-refractivity contribution is 7.80. The summed E-state index contributed by atoms with van der Waals surface area (Å²) in [6.07, 6.45) is -3.16. The molecule has 7 heteroatoms. The fourth-order valence-electron chi connectivity index (χ4n) is 3.49. The molecule has 0 radical (unpaired) electrons. The molecule has 28 heavy (non-hydrogen) atoms. The first-order chi connectivity index (χ1) is 13.2. The topological polar surface area (TPSA) is 51.2 Å². The summed E-state index contributed by atoms with van der Waals surface area (Å²) < 4.78 is 39.6. The van der Waals surface area contributed by atoms with Gasteiger partial charge in [-0.05, 0) is 36.1 Å². The molecule has 3 aromatic rings. The molecule has 1 aromatic heterocycles. The summed E-state index contributed by atoms with van der Waals surface area (Å²) in [7, 11) is 0. The van der Waals surface area contributed by atoms with Crippen molar-refractivity contribution in [1.82, 2.24) is 4.57 Å². The van der Waals surface area contributed by atoms with Gasteiger partial charge in [-0.2, -0.15) is 13.2 Å². The van der Waals surface area contributed by atoms with Gasteiger partial charge >= 0.3 is 6.18 Å². The van der Waals surface area contributed by atoms with E-state index < -0.39 is 12.6 Å². The van der Waals surface area contributed by atoms with E-state index in [-0.39, 0.29) is 24.6 Å². The molecule has 0 spiro atoms. The Morgan fingerprint density at radius 3 is 2.61 bits per heavy atom. The highest BCUT2D eigenvalue weighted by Crippen LogP contribution is 2.35. The van der Waals surface area contributed by atoms with Gasteiger partial charge in [-0.25, -0.2) is 0 Å². The van der Waals surface area contributed by atoms with Crippen LogP contribution in [0.25, 0.3) is 22.0 Å². The number of alkyl halides is 3. The Kier molecular flexibility index (Phi) is 5.76. The number of rotatable bonds is 6. The van der Waals surface area contributed by atoms with Crippen molar-refractivity contribution in [2.45, 2.75) is 39.1 Å². The molecule has 0 amide bonds. The van der Waals surface area contributed by atoms with Crippen LogP contribution in [0.2, 0.25) is 0 Å². The van der Waals surface area contributed by atoms with Crippen molar-refractivity contribution in [3.8, 4) is 11.1 Å². The number of aliphatic hydroxyl groups excluding tert-OH is 1. The van der Waals surface area contributed by atoms with Gasteiger partial charge in [0.05, 0.1) is 12.1 Å². The molecule has 3 N–H and O–H groups in total. The number of thiocarbonyl (C=S) groups is 1. The number of fused-ring (bicyclic) bond motifs is 1. The lowest BCUT2D eigenvalue weighted by Gasteiger charge is -2.11. The molecule has 2 aromatic carbocycles. The van der Waals surface area contributed by atoms with Crippen LogP contribution in [0.15, 0.2) is 42.6 Å². The summed E-state index contributed by atoms with van der Waals surface area (Å²) in [5, 5.41) is 10.5. The monoisotopic (exact) mass is 406 g/mol. The molecule has 0 atom stereocenters. The zero-order chi connectivity index (χ0) is 20.5. The molecule has 0 unspecified atom stereocenters. The van der Waals surface area contributed by atoms with Gasteiger partial charge in [0.15, 0.2) is 0 Å². The number of aromatic nitrogens is 1. The number of hydrogen-bond acceptors (Lipinski definition) is 2. The van der Waals surface area contributed by atoms with Crippen molar-refractivity contribution in [3.05, 3.63) is 59.3 Å². The van der Waals surface area contributed by atoms with Gasteiger partial charge in [0, 0.05) is 35.7 Å². The molecule has 0 saturated heterocycles. The minimum Gasteiger partial charge on any atom is -0.392 e.